The summed E-state index contributed by atoms with van der Waals surface area (Å²) in [5.41, 5.74) is 0.878. The second-order valence-electron chi connectivity index (χ2n) is 5.97. The molecule has 3 aromatic rings. The van der Waals surface area contributed by atoms with Crippen molar-refractivity contribution in [1.29, 1.82) is 0 Å². The molecule has 0 aliphatic heterocycles. The van der Waals surface area contributed by atoms with Crippen LogP contribution < -0.4 is 0 Å². The second-order valence-corrected chi connectivity index (χ2v) is 9.27. The standard InChI is InChI=1S/C18H22N6O2S2/c1-4-23(5-2)28(25,26)16-11-12-17(19-13-16)27-14(3)18-20-21-22-24(18)15-9-7-6-8-10-15/h6-14H,4-5H2,1-3H3/t14-/m0/s1. The van der Waals surface area contributed by atoms with Crippen LogP contribution in [0.3, 0.4) is 0 Å². The van der Waals surface area contributed by atoms with Gasteiger partial charge in [0.2, 0.25) is 10.0 Å². The summed E-state index contributed by atoms with van der Waals surface area (Å²) in [5.74, 6) is 0.692. The van der Waals surface area contributed by atoms with Crippen LogP contribution in [0.25, 0.3) is 5.69 Å². The van der Waals surface area contributed by atoms with Crippen molar-refractivity contribution in [2.24, 2.45) is 0 Å². The molecule has 0 unspecified atom stereocenters. The Kier molecular flexibility index (Phi) is 6.42. The number of benzene rings is 1. The summed E-state index contributed by atoms with van der Waals surface area (Å²) < 4.78 is 28.2. The fourth-order valence-corrected chi connectivity index (χ4v) is 5.01. The molecule has 0 saturated heterocycles. The first-order chi connectivity index (χ1) is 13.5. The molecule has 28 heavy (non-hydrogen) atoms. The van der Waals surface area contributed by atoms with Crippen molar-refractivity contribution in [1.82, 2.24) is 29.5 Å². The van der Waals surface area contributed by atoms with Gasteiger partial charge < -0.3 is 0 Å². The highest BCUT2D eigenvalue weighted by molar-refractivity contribution is 7.99. The third-order valence-corrected chi connectivity index (χ3v) is 7.29. The number of para-hydroxylation sites is 1. The van der Waals surface area contributed by atoms with Crippen molar-refractivity contribution in [2.45, 2.75) is 35.9 Å². The number of hydrogen-bond donors (Lipinski definition) is 0. The highest BCUT2D eigenvalue weighted by Crippen LogP contribution is 2.33. The molecule has 0 N–H and O–H groups in total. The minimum Gasteiger partial charge on any atom is -0.249 e. The van der Waals surface area contributed by atoms with Crippen LogP contribution in [0.4, 0.5) is 0 Å². The van der Waals surface area contributed by atoms with Crippen LogP contribution in [0.1, 0.15) is 31.8 Å². The van der Waals surface area contributed by atoms with Gasteiger partial charge in [-0.1, -0.05) is 43.8 Å². The molecule has 0 bridgehead atoms. The highest BCUT2D eigenvalue weighted by Gasteiger charge is 2.22. The van der Waals surface area contributed by atoms with E-state index >= 15 is 0 Å². The number of pyridine rings is 1. The summed E-state index contributed by atoms with van der Waals surface area (Å²) in [4.78, 5) is 4.52. The maximum absolute atomic E-state index is 12.6. The van der Waals surface area contributed by atoms with Gasteiger partial charge in [0.15, 0.2) is 5.82 Å². The highest BCUT2D eigenvalue weighted by atomic mass is 32.2. The zero-order chi connectivity index (χ0) is 20.1. The summed E-state index contributed by atoms with van der Waals surface area (Å²) in [7, 11) is -3.51. The van der Waals surface area contributed by atoms with Crippen LogP contribution in [0.15, 0.2) is 58.6 Å². The summed E-state index contributed by atoms with van der Waals surface area (Å²) >= 11 is 1.47. The zero-order valence-corrected chi connectivity index (χ0v) is 17.6. The van der Waals surface area contributed by atoms with E-state index in [1.807, 2.05) is 51.1 Å². The largest absolute Gasteiger partial charge is 0.249 e. The van der Waals surface area contributed by atoms with E-state index in [0.717, 1.165) is 5.69 Å². The van der Waals surface area contributed by atoms with Gasteiger partial charge >= 0.3 is 0 Å². The van der Waals surface area contributed by atoms with E-state index in [1.165, 1.54) is 22.3 Å². The fourth-order valence-electron chi connectivity index (χ4n) is 2.74. The molecule has 1 aromatic carbocycles. The van der Waals surface area contributed by atoms with Crippen molar-refractivity contribution in [3.63, 3.8) is 0 Å². The first-order valence-electron chi connectivity index (χ1n) is 8.94. The summed E-state index contributed by atoms with van der Waals surface area (Å²) in [6.07, 6.45) is 1.41. The molecular formula is C18H22N6O2S2. The van der Waals surface area contributed by atoms with Crippen molar-refractivity contribution < 1.29 is 8.42 Å². The third kappa shape index (κ3) is 4.23. The molecule has 0 fully saturated rings. The van der Waals surface area contributed by atoms with Crippen molar-refractivity contribution >= 4 is 21.8 Å². The Labute approximate surface area is 169 Å². The Bertz CT molecular complexity index is 1000. The molecule has 3 rings (SSSR count). The Hall–Kier alpha value is -2.30. The lowest BCUT2D eigenvalue weighted by Crippen LogP contribution is -2.30. The van der Waals surface area contributed by atoms with Crippen LogP contribution in [-0.4, -0.2) is 51.0 Å². The van der Waals surface area contributed by atoms with Crippen LogP contribution >= 0.6 is 11.8 Å². The van der Waals surface area contributed by atoms with E-state index in [1.54, 1.807) is 16.8 Å². The number of hydrogen-bond acceptors (Lipinski definition) is 7. The zero-order valence-electron chi connectivity index (χ0n) is 15.9. The van der Waals surface area contributed by atoms with Gasteiger partial charge in [-0.3, -0.25) is 0 Å². The van der Waals surface area contributed by atoms with Gasteiger partial charge in [0.25, 0.3) is 0 Å². The van der Waals surface area contributed by atoms with E-state index in [4.69, 9.17) is 0 Å². The number of thioether (sulfide) groups is 1. The molecule has 0 amide bonds. The van der Waals surface area contributed by atoms with Crippen LogP contribution in [0.2, 0.25) is 0 Å². The molecule has 0 saturated carbocycles. The molecule has 2 heterocycles. The smallest absolute Gasteiger partial charge is 0.244 e. The SMILES string of the molecule is CCN(CC)S(=O)(=O)c1ccc(S[C@@H](C)c2nnnn2-c2ccccc2)nc1. The Morgan fingerprint density at radius 3 is 2.43 bits per heavy atom. The maximum Gasteiger partial charge on any atom is 0.244 e. The number of tetrazole rings is 1. The second kappa shape index (κ2) is 8.80. The van der Waals surface area contributed by atoms with Gasteiger partial charge in [0.1, 0.15) is 4.90 Å². The van der Waals surface area contributed by atoms with Crippen molar-refractivity contribution in [3.8, 4) is 5.69 Å². The molecule has 10 heteroatoms. The van der Waals surface area contributed by atoms with E-state index in [2.05, 4.69) is 20.5 Å². The minimum absolute atomic E-state index is 0.0760. The van der Waals surface area contributed by atoms with Crippen LogP contribution in [-0.2, 0) is 10.0 Å². The lowest BCUT2D eigenvalue weighted by Gasteiger charge is -2.18. The van der Waals surface area contributed by atoms with E-state index < -0.39 is 10.0 Å². The summed E-state index contributed by atoms with van der Waals surface area (Å²) in [6, 6.07) is 13.0. The molecular weight excluding hydrogens is 396 g/mol. The van der Waals surface area contributed by atoms with Gasteiger partial charge in [-0.25, -0.2) is 13.4 Å². The fraction of sp³-hybridized carbons (Fsp3) is 0.333. The monoisotopic (exact) mass is 418 g/mol. The van der Waals surface area contributed by atoms with E-state index in [-0.39, 0.29) is 10.1 Å². The predicted molar refractivity (Wildman–Crippen MR) is 108 cm³/mol. The average Bonchev–Trinajstić information content (AvgIpc) is 3.20. The van der Waals surface area contributed by atoms with Gasteiger partial charge in [-0.05, 0) is 41.6 Å². The first-order valence-corrected chi connectivity index (χ1v) is 11.3. The third-order valence-electron chi connectivity index (χ3n) is 4.21. The molecule has 8 nitrogen and oxygen atoms in total. The number of nitrogens with zero attached hydrogens (tertiary/aromatic N) is 6. The molecule has 0 radical (unpaired) electrons. The molecule has 0 spiro atoms. The van der Waals surface area contributed by atoms with E-state index in [0.29, 0.717) is 23.9 Å². The topological polar surface area (TPSA) is 93.9 Å². The molecule has 0 aliphatic carbocycles. The molecule has 1 atom stereocenters. The predicted octanol–water partition coefficient (Wildman–Crippen LogP) is 2.94. The van der Waals surface area contributed by atoms with Crippen molar-refractivity contribution in [3.05, 3.63) is 54.5 Å². The van der Waals surface area contributed by atoms with E-state index in [9.17, 15) is 8.42 Å². The molecule has 148 valence electrons. The minimum atomic E-state index is -3.51. The quantitative estimate of drug-likeness (QED) is 0.519. The maximum atomic E-state index is 12.6. The lowest BCUT2D eigenvalue weighted by atomic mass is 10.3. The number of sulfonamides is 1. The Balaban J connectivity index is 1.78. The summed E-state index contributed by atoms with van der Waals surface area (Å²) in [6.45, 7) is 6.47. The van der Waals surface area contributed by atoms with Crippen molar-refractivity contribution in [2.75, 3.05) is 13.1 Å². The number of aromatic nitrogens is 5. The summed E-state index contributed by atoms with van der Waals surface area (Å²) in [5, 5.41) is 12.6. The van der Waals surface area contributed by atoms with Gasteiger partial charge in [-0.15, -0.1) is 5.10 Å². The van der Waals surface area contributed by atoms with Gasteiger partial charge in [0.05, 0.1) is 16.0 Å². The van der Waals surface area contributed by atoms with Gasteiger partial charge in [-0.2, -0.15) is 8.99 Å². The Morgan fingerprint density at radius 2 is 1.82 bits per heavy atom. The van der Waals surface area contributed by atoms with Gasteiger partial charge in [0, 0.05) is 19.3 Å². The van der Waals surface area contributed by atoms with Crippen LogP contribution in [0, 0.1) is 0 Å². The number of rotatable bonds is 8. The molecule has 0 aliphatic rings. The Morgan fingerprint density at radius 1 is 1.11 bits per heavy atom. The average molecular weight is 419 g/mol. The lowest BCUT2D eigenvalue weighted by molar-refractivity contribution is 0.445. The normalized spacial score (nSPS) is 13.0. The van der Waals surface area contributed by atoms with Crippen LogP contribution in [0.5, 0.6) is 0 Å². The molecule has 2 aromatic heterocycles. The first kappa shape index (κ1) is 20.4.